The van der Waals surface area contributed by atoms with E-state index in [1.54, 1.807) is 10.9 Å². The molecular formula is C12H13ClN6O. The summed E-state index contributed by atoms with van der Waals surface area (Å²) in [7, 11) is 1.82. The molecule has 8 heteroatoms. The van der Waals surface area contributed by atoms with Crippen LogP contribution in [-0.4, -0.2) is 31.7 Å². The number of hydrogen-bond donors (Lipinski definition) is 1. The number of carbonyl (C=O) groups excluding carboxylic acids is 1. The molecule has 0 fully saturated rings. The van der Waals surface area contributed by atoms with Crippen LogP contribution in [0.1, 0.15) is 13.3 Å². The van der Waals surface area contributed by atoms with Crippen LogP contribution in [-0.2, 0) is 11.8 Å². The summed E-state index contributed by atoms with van der Waals surface area (Å²) in [5, 5.41) is 7.09. The molecule has 104 valence electrons. The predicted molar refractivity (Wildman–Crippen MR) is 75.1 cm³/mol. The van der Waals surface area contributed by atoms with Crippen molar-refractivity contribution in [2.24, 2.45) is 7.05 Å². The highest BCUT2D eigenvalue weighted by molar-refractivity contribution is 6.28. The van der Waals surface area contributed by atoms with E-state index in [9.17, 15) is 4.79 Å². The van der Waals surface area contributed by atoms with Crippen molar-refractivity contribution in [1.29, 1.82) is 0 Å². The number of nitrogens with one attached hydrogen (secondary N) is 1. The van der Waals surface area contributed by atoms with E-state index in [1.165, 1.54) is 6.20 Å². The van der Waals surface area contributed by atoms with Gasteiger partial charge in [-0.25, -0.2) is 4.98 Å². The van der Waals surface area contributed by atoms with Gasteiger partial charge in [-0.15, -0.1) is 0 Å². The Morgan fingerprint density at radius 2 is 2.25 bits per heavy atom. The van der Waals surface area contributed by atoms with E-state index in [0.717, 1.165) is 5.69 Å². The summed E-state index contributed by atoms with van der Waals surface area (Å²) >= 11 is 5.88. The quantitative estimate of drug-likeness (QED) is 0.853. The molecule has 1 aliphatic rings. The molecule has 1 unspecified atom stereocenters. The SMILES string of the molecule is CCC1C(=O)Nc2cnc(Cl)nc2N1c1cnn(C)c1. The minimum atomic E-state index is -0.349. The molecule has 1 amide bonds. The van der Waals surface area contributed by atoms with Gasteiger partial charge < -0.3 is 10.2 Å². The third kappa shape index (κ3) is 2.00. The predicted octanol–water partition coefficient (Wildman–Crippen LogP) is 1.73. The van der Waals surface area contributed by atoms with Crippen LogP contribution in [0.5, 0.6) is 0 Å². The smallest absolute Gasteiger partial charge is 0.247 e. The maximum Gasteiger partial charge on any atom is 0.247 e. The summed E-state index contributed by atoms with van der Waals surface area (Å²) in [6.45, 7) is 1.95. The summed E-state index contributed by atoms with van der Waals surface area (Å²) in [5.74, 6) is 0.499. The van der Waals surface area contributed by atoms with Crippen molar-refractivity contribution < 1.29 is 4.79 Å². The Morgan fingerprint density at radius 1 is 1.45 bits per heavy atom. The number of fused-ring (bicyclic) bond motifs is 1. The molecule has 1 atom stereocenters. The van der Waals surface area contributed by atoms with Crippen molar-refractivity contribution >= 4 is 34.7 Å². The molecule has 1 N–H and O–H groups in total. The Hall–Kier alpha value is -2.15. The Labute approximate surface area is 120 Å². The largest absolute Gasteiger partial charge is 0.320 e. The molecule has 2 aromatic rings. The number of nitrogens with zero attached hydrogens (tertiary/aromatic N) is 5. The summed E-state index contributed by atoms with van der Waals surface area (Å²) in [4.78, 5) is 22.2. The Morgan fingerprint density at radius 3 is 2.90 bits per heavy atom. The molecular weight excluding hydrogens is 280 g/mol. The number of aryl methyl sites for hydroxylation is 1. The van der Waals surface area contributed by atoms with Gasteiger partial charge in [-0.2, -0.15) is 10.1 Å². The summed E-state index contributed by atoms with van der Waals surface area (Å²) in [6, 6.07) is -0.349. The van der Waals surface area contributed by atoms with Crippen LogP contribution in [0.2, 0.25) is 5.28 Å². The van der Waals surface area contributed by atoms with E-state index in [-0.39, 0.29) is 17.2 Å². The number of halogens is 1. The lowest BCUT2D eigenvalue weighted by Crippen LogP contribution is -2.45. The average molecular weight is 293 g/mol. The van der Waals surface area contributed by atoms with Crippen molar-refractivity contribution in [3.8, 4) is 0 Å². The first-order chi connectivity index (χ1) is 9.60. The second-order valence-corrected chi connectivity index (χ2v) is 4.87. The van der Waals surface area contributed by atoms with Crippen LogP contribution in [0.15, 0.2) is 18.6 Å². The first-order valence-electron chi connectivity index (χ1n) is 6.21. The number of anilines is 3. The van der Waals surface area contributed by atoms with Crippen LogP contribution in [0.4, 0.5) is 17.2 Å². The highest BCUT2D eigenvalue weighted by Crippen LogP contribution is 2.36. The molecule has 2 aromatic heterocycles. The molecule has 0 bridgehead atoms. The molecule has 0 saturated heterocycles. The fourth-order valence-corrected chi connectivity index (χ4v) is 2.44. The number of aromatic nitrogens is 4. The molecule has 0 saturated carbocycles. The van der Waals surface area contributed by atoms with E-state index >= 15 is 0 Å². The maximum atomic E-state index is 12.2. The maximum absolute atomic E-state index is 12.2. The minimum Gasteiger partial charge on any atom is -0.320 e. The molecule has 3 heterocycles. The zero-order valence-corrected chi connectivity index (χ0v) is 11.8. The molecule has 0 aromatic carbocycles. The summed E-state index contributed by atoms with van der Waals surface area (Å²) in [6.07, 6.45) is 5.68. The Bertz CT molecular complexity index is 670. The molecule has 7 nitrogen and oxygen atoms in total. The highest BCUT2D eigenvalue weighted by Gasteiger charge is 2.34. The molecule has 3 rings (SSSR count). The molecule has 0 spiro atoms. The van der Waals surface area contributed by atoms with Crippen LogP contribution in [0, 0.1) is 0 Å². The fraction of sp³-hybridized carbons (Fsp3) is 0.333. The third-order valence-corrected chi connectivity index (χ3v) is 3.38. The normalized spacial score (nSPS) is 17.9. The summed E-state index contributed by atoms with van der Waals surface area (Å²) < 4.78 is 1.68. The van der Waals surface area contributed by atoms with Gasteiger partial charge in [0.05, 0.1) is 18.1 Å². The van der Waals surface area contributed by atoms with Gasteiger partial charge in [0.1, 0.15) is 11.7 Å². The van der Waals surface area contributed by atoms with E-state index in [0.29, 0.717) is 17.9 Å². The second kappa shape index (κ2) is 4.75. The number of hydrogen-bond acceptors (Lipinski definition) is 5. The minimum absolute atomic E-state index is 0.0882. The van der Waals surface area contributed by atoms with Gasteiger partial charge in [0.25, 0.3) is 0 Å². The van der Waals surface area contributed by atoms with Gasteiger partial charge in [0.2, 0.25) is 11.2 Å². The van der Waals surface area contributed by atoms with Crippen LogP contribution < -0.4 is 10.2 Å². The Kier molecular flexibility index (Phi) is 3.06. The first-order valence-corrected chi connectivity index (χ1v) is 6.59. The van der Waals surface area contributed by atoms with Crippen molar-refractivity contribution in [3.63, 3.8) is 0 Å². The first kappa shape index (κ1) is 12.9. The van der Waals surface area contributed by atoms with Crippen molar-refractivity contribution in [2.45, 2.75) is 19.4 Å². The van der Waals surface area contributed by atoms with Gasteiger partial charge in [0, 0.05) is 13.2 Å². The van der Waals surface area contributed by atoms with Gasteiger partial charge in [-0.05, 0) is 18.0 Å². The number of rotatable bonds is 2. The van der Waals surface area contributed by atoms with Crippen LogP contribution >= 0.6 is 11.6 Å². The topological polar surface area (TPSA) is 75.9 Å². The monoisotopic (exact) mass is 292 g/mol. The van der Waals surface area contributed by atoms with Crippen LogP contribution in [0.25, 0.3) is 0 Å². The van der Waals surface area contributed by atoms with Gasteiger partial charge >= 0.3 is 0 Å². The lowest BCUT2D eigenvalue weighted by atomic mass is 10.1. The zero-order valence-electron chi connectivity index (χ0n) is 11.0. The molecule has 0 aliphatic carbocycles. The van der Waals surface area contributed by atoms with Gasteiger partial charge in [-0.1, -0.05) is 6.92 Å². The van der Waals surface area contributed by atoms with Gasteiger partial charge in [0.15, 0.2) is 5.82 Å². The van der Waals surface area contributed by atoms with Crippen molar-refractivity contribution in [3.05, 3.63) is 23.9 Å². The molecule has 1 aliphatic heterocycles. The van der Waals surface area contributed by atoms with E-state index < -0.39 is 0 Å². The number of amides is 1. The van der Waals surface area contributed by atoms with E-state index in [4.69, 9.17) is 11.6 Å². The summed E-state index contributed by atoms with van der Waals surface area (Å²) in [5.41, 5.74) is 1.35. The molecule has 20 heavy (non-hydrogen) atoms. The lowest BCUT2D eigenvalue weighted by molar-refractivity contribution is -0.117. The molecule has 0 radical (unpaired) electrons. The number of carbonyl (C=O) groups is 1. The van der Waals surface area contributed by atoms with E-state index in [2.05, 4.69) is 20.4 Å². The van der Waals surface area contributed by atoms with Crippen molar-refractivity contribution in [2.75, 3.05) is 10.2 Å². The Balaban J connectivity index is 2.17. The second-order valence-electron chi connectivity index (χ2n) is 4.53. The fourth-order valence-electron chi connectivity index (χ4n) is 2.31. The van der Waals surface area contributed by atoms with E-state index in [1.807, 2.05) is 25.1 Å². The lowest BCUT2D eigenvalue weighted by Gasteiger charge is -2.35. The highest BCUT2D eigenvalue weighted by atomic mass is 35.5. The van der Waals surface area contributed by atoms with Crippen LogP contribution in [0.3, 0.4) is 0 Å². The average Bonchev–Trinajstić information content (AvgIpc) is 2.84. The van der Waals surface area contributed by atoms with Crippen molar-refractivity contribution in [1.82, 2.24) is 19.7 Å². The zero-order chi connectivity index (χ0) is 14.3. The third-order valence-electron chi connectivity index (χ3n) is 3.20. The standard InChI is InChI=1S/C12H13ClN6O/c1-3-9-11(20)16-8-5-14-12(13)17-10(8)19(9)7-4-15-18(2)6-7/h4-6,9H,3H2,1-2H3,(H,16,20). The van der Waals surface area contributed by atoms with Gasteiger partial charge in [-0.3, -0.25) is 9.48 Å².